The zero-order valence-corrected chi connectivity index (χ0v) is 15.7. The van der Waals surface area contributed by atoms with Crippen molar-refractivity contribution in [2.45, 2.75) is 6.61 Å². The number of hydrogen-bond donors (Lipinski definition) is 0. The van der Waals surface area contributed by atoms with E-state index in [-0.39, 0.29) is 6.61 Å². The van der Waals surface area contributed by atoms with Crippen molar-refractivity contribution in [3.05, 3.63) is 66.1 Å². The molecule has 0 fully saturated rings. The number of aryl methyl sites for hydroxylation is 1. The maximum Gasteiger partial charge on any atom is 0.240 e. The quantitative estimate of drug-likeness (QED) is 0.459. The second-order valence-electron chi connectivity index (χ2n) is 6.12. The molecule has 0 aliphatic rings. The Morgan fingerprint density at radius 2 is 1.93 bits per heavy atom. The lowest BCUT2D eigenvalue weighted by molar-refractivity contribution is 0.281. The highest BCUT2D eigenvalue weighted by Crippen LogP contribution is 2.31. The van der Waals surface area contributed by atoms with Crippen molar-refractivity contribution < 1.29 is 4.74 Å². The van der Waals surface area contributed by atoms with Crippen molar-refractivity contribution >= 4 is 17.0 Å². The molecular weight excluding hydrogens is 374 g/mol. The molecule has 28 heavy (non-hydrogen) atoms. The van der Waals surface area contributed by atoms with Gasteiger partial charge < -0.3 is 4.74 Å². The third-order valence-corrected chi connectivity index (χ3v) is 5.04. The Labute approximate surface area is 164 Å². The Bertz CT molecular complexity index is 1230. The Hall–Kier alpha value is -3.59. The SMILES string of the molecule is Cn1cnc(COc2nn3c(-c4cccs4)nnc3cc2-c2ccccc2)n1. The molecule has 0 amide bonds. The smallest absolute Gasteiger partial charge is 0.240 e. The van der Waals surface area contributed by atoms with Gasteiger partial charge in [-0.15, -0.1) is 26.6 Å². The average molecular weight is 389 g/mol. The van der Waals surface area contributed by atoms with E-state index in [4.69, 9.17) is 9.84 Å². The fraction of sp³-hybridized carbons (Fsp3) is 0.105. The van der Waals surface area contributed by atoms with Crippen LogP contribution >= 0.6 is 11.3 Å². The highest BCUT2D eigenvalue weighted by Gasteiger charge is 2.17. The number of hydrogen-bond acceptors (Lipinski definition) is 7. The lowest BCUT2D eigenvalue weighted by Gasteiger charge is -2.10. The van der Waals surface area contributed by atoms with Gasteiger partial charge in [-0.3, -0.25) is 4.68 Å². The van der Waals surface area contributed by atoms with E-state index in [1.54, 1.807) is 26.9 Å². The molecule has 0 bridgehead atoms. The molecule has 0 radical (unpaired) electrons. The molecule has 0 atom stereocenters. The molecule has 9 heteroatoms. The van der Waals surface area contributed by atoms with Crippen molar-refractivity contribution in [3.8, 4) is 27.7 Å². The lowest BCUT2D eigenvalue weighted by Crippen LogP contribution is -2.05. The number of aromatic nitrogens is 7. The van der Waals surface area contributed by atoms with Crippen molar-refractivity contribution in [1.82, 2.24) is 34.6 Å². The molecule has 0 N–H and O–H groups in total. The van der Waals surface area contributed by atoms with Crippen LogP contribution in [0.4, 0.5) is 0 Å². The minimum absolute atomic E-state index is 0.218. The van der Waals surface area contributed by atoms with Crippen LogP contribution in [0.1, 0.15) is 5.82 Å². The summed E-state index contributed by atoms with van der Waals surface area (Å²) < 4.78 is 9.37. The van der Waals surface area contributed by atoms with Crippen LogP contribution in [0.15, 0.2) is 60.2 Å². The summed E-state index contributed by atoms with van der Waals surface area (Å²) in [6.07, 6.45) is 1.64. The van der Waals surface area contributed by atoms with E-state index in [2.05, 4.69) is 20.3 Å². The molecule has 0 aliphatic carbocycles. The summed E-state index contributed by atoms with van der Waals surface area (Å²) in [5, 5.41) is 19.6. The van der Waals surface area contributed by atoms with Crippen molar-refractivity contribution in [1.29, 1.82) is 0 Å². The van der Waals surface area contributed by atoms with E-state index >= 15 is 0 Å². The Balaban J connectivity index is 1.62. The van der Waals surface area contributed by atoms with Crippen LogP contribution in [0.25, 0.3) is 27.5 Å². The molecule has 0 aliphatic heterocycles. The molecule has 1 aromatic carbocycles. The first-order valence-corrected chi connectivity index (χ1v) is 9.49. The van der Waals surface area contributed by atoms with Crippen LogP contribution in [0.5, 0.6) is 5.88 Å². The number of rotatable bonds is 5. The second kappa shape index (κ2) is 6.86. The van der Waals surface area contributed by atoms with Crippen LogP contribution in [0.2, 0.25) is 0 Å². The van der Waals surface area contributed by atoms with Crippen LogP contribution in [0, 0.1) is 0 Å². The number of benzene rings is 1. The van der Waals surface area contributed by atoms with E-state index < -0.39 is 0 Å². The van der Waals surface area contributed by atoms with Crippen LogP contribution in [-0.2, 0) is 13.7 Å². The zero-order valence-electron chi connectivity index (χ0n) is 14.9. The third-order valence-electron chi connectivity index (χ3n) is 4.17. The van der Waals surface area contributed by atoms with Gasteiger partial charge in [0.05, 0.1) is 4.88 Å². The topological polar surface area (TPSA) is 83.0 Å². The van der Waals surface area contributed by atoms with Crippen LogP contribution in [-0.4, -0.2) is 34.6 Å². The molecule has 138 valence electrons. The predicted octanol–water partition coefficient (Wildman–Crippen LogP) is 3.23. The molecule has 4 heterocycles. The Morgan fingerprint density at radius 3 is 2.68 bits per heavy atom. The number of fused-ring (bicyclic) bond motifs is 1. The standard InChI is InChI=1S/C19H15N7OS/c1-25-12-20-16(23-25)11-27-19-14(13-6-3-2-4-7-13)10-17-21-22-18(26(17)24-19)15-8-5-9-28-15/h2-10,12H,11H2,1H3. The molecule has 8 nitrogen and oxygen atoms in total. The largest absolute Gasteiger partial charge is 0.468 e. The van der Waals surface area contributed by atoms with Gasteiger partial charge in [0.15, 0.2) is 23.9 Å². The third kappa shape index (κ3) is 3.01. The van der Waals surface area contributed by atoms with Gasteiger partial charge in [-0.2, -0.15) is 9.61 Å². The molecule has 0 saturated carbocycles. The predicted molar refractivity (Wildman–Crippen MR) is 105 cm³/mol. The lowest BCUT2D eigenvalue weighted by atomic mass is 10.1. The summed E-state index contributed by atoms with van der Waals surface area (Å²) in [7, 11) is 1.82. The van der Waals surface area contributed by atoms with Gasteiger partial charge in [-0.1, -0.05) is 36.4 Å². The molecule has 0 spiro atoms. The summed E-state index contributed by atoms with van der Waals surface area (Å²) in [5.74, 6) is 1.75. The van der Waals surface area contributed by atoms with Gasteiger partial charge in [-0.25, -0.2) is 4.98 Å². The summed E-state index contributed by atoms with van der Waals surface area (Å²) in [4.78, 5) is 5.20. The van der Waals surface area contributed by atoms with E-state index in [0.717, 1.165) is 16.0 Å². The maximum atomic E-state index is 6.02. The molecule has 5 aromatic rings. The number of ether oxygens (including phenoxy) is 1. The van der Waals surface area contributed by atoms with Gasteiger partial charge in [0.25, 0.3) is 0 Å². The van der Waals surface area contributed by atoms with E-state index in [0.29, 0.717) is 23.2 Å². The Kier molecular flexibility index (Phi) is 4.06. The van der Waals surface area contributed by atoms with Crippen molar-refractivity contribution in [2.75, 3.05) is 0 Å². The highest BCUT2D eigenvalue weighted by molar-refractivity contribution is 7.13. The van der Waals surface area contributed by atoms with Gasteiger partial charge in [0.2, 0.25) is 5.88 Å². The molecular formula is C19H15N7OS. The van der Waals surface area contributed by atoms with E-state index in [1.165, 1.54) is 0 Å². The maximum absolute atomic E-state index is 6.02. The average Bonchev–Trinajstić information content (AvgIpc) is 3.47. The fourth-order valence-electron chi connectivity index (χ4n) is 2.89. The van der Waals surface area contributed by atoms with Gasteiger partial charge in [0, 0.05) is 12.6 Å². The first-order chi connectivity index (χ1) is 13.8. The summed E-state index contributed by atoms with van der Waals surface area (Å²) in [5.41, 5.74) is 2.49. The van der Waals surface area contributed by atoms with Crippen molar-refractivity contribution in [3.63, 3.8) is 0 Å². The van der Waals surface area contributed by atoms with Crippen LogP contribution < -0.4 is 4.74 Å². The summed E-state index contributed by atoms with van der Waals surface area (Å²) >= 11 is 1.59. The molecule has 0 saturated heterocycles. The fourth-order valence-corrected chi connectivity index (χ4v) is 3.58. The molecule has 5 rings (SSSR count). The van der Waals surface area contributed by atoms with Gasteiger partial charge in [0.1, 0.15) is 6.33 Å². The molecule has 4 aromatic heterocycles. The first-order valence-electron chi connectivity index (χ1n) is 8.61. The van der Waals surface area contributed by atoms with E-state index in [1.807, 2.05) is 61.0 Å². The summed E-state index contributed by atoms with van der Waals surface area (Å²) in [6, 6.07) is 15.9. The Morgan fingerprint density at radius 1 is 1.04 bits per heavy atom. The normalized spacial score (nSPS) is 11.2. The van der Waals surface area contributed by atoms with E-state index in [9.17, 15) is 0 Å². The first kappa shape index (κ1) is 16.6. The number of nitrogens with zero attached hydrogens (tertiary/aromatic N) is 7. The van der Waals surface area contributed by atoms with Crippen LogP contribution in [0.3, 0.4) is 0 Å². The minimum atomic E-state index is 0.218. The van der Waals surface area contributed by atoms with Crippen molar-refractivity contribution in [2.24, 2.45) is 7.05 Å². The van der Waals surface area contributed by atoms with Gasteiger partial charge >= 0.3 is 0 Å². The minimum Gasteiger partial charge on any atom is -0.468 e. The number of thiophene rings is 1. The van der Waals surface area contributed by atoms with Gasteiger partial charge in [-0.05, 0) is 23.1 Å². The zero-order chi connectivity index (χ0) is 18.9. The highest BCUT2D eigenvalue weighted by atomic mass is 32.1. The molecule has 0 unspecified atom stereocenters. The second-order valence-corrected chi connectivity index (χ2v) is 7.07. The summed E-state index contributed by atoms with van der Waals surface area (Å²) in [6.45, 7) is 0.218. The monoisotopic (exact) mass is 389 g/mol.